The molecule has 0 aliphatic carbocycles. The quantitative estimate of drug-likeness (QED) is 0.770. The van der Waals surface area contributed by atoms with Crippen LogP contribution in [0.1, 0.15) is 6.92 Å². The highest BCUT2D eigenvalue weighted by atomic mass is 79.9. The lowest BCUT2D eigenvalue weighted by Gasteiger charge is -2.34. The van der Waals surface area contributed by atoms with Crippen molar-refractivity contribution >= 4 is 21.7 Å². The Morgan fingerprint density at radius 2 is 2.43 bits per heavy atom. The van der Waals surface area contributed by atoms with E-state index in [1.807, 2.05) is 18.3 Å². The van der Waals surface area contributed by atoms with E-state index in [-0.39, 0.29) is 0 Å². The molecule has 1 fully saturated rings. The van der Waals surface area contributed by atoms with Gasteiger partial charge in [-0.05, 0) is 35.0 Å². The third kappa shape index (κ3) is 2.07. The Balaban J connectivity index is 2.16. The number of pyridine rings is 1. The number of halogens is 1. The molecule has 0 bridgehead atoms. The van der Waals surface area contributed by atoms with Gasteiger partial charge in [0.05, 0.1) is 19.3 Å². The van der Waals surface area contributed by atoms with E-state index in [0.29, 0.717) is 6.04 Å². The molecule has 1 aliphatic heterocycles. The zero-order chi connectivity index (χ0) is 9.97. The molecule has 0 aromatic carbocycles. The van der Waals surface area contributed by atoms with Crippen LogP contribution in [0.25, 0.3) is 0 Å². The predicted octanol–water partition coefficient (Wildman–Crippen LogP) is 2.07. The number of anilines is 1. The topological polar surface area (TPSA) is 25.4 Å². The molecule has 0 radical (unpaired) electrons. The lowest BCUT2D eigenvalue weighted by Crippen LogP contribution is -2.44. The van der Waals surface area contributed by atoms with Gasteiger partial charge in [0.25, 0.3) is 0 Å². The average molecular weight is 257 g/mol. The van der Waals surface area contributed by atoms with Crippen LogP contribution in [0.2, 0.25) is 0 Å². The summed E-state index contributed by atoms with van der Waals surface area (Å²) in [7, 11) is 0. The van der Waals surface area contributed by atoms with Crippen molar-refractivity contribution in [3.8, 4) is 0 Å². The van der Waals surface area contributed by atoms with Crippen LogP contribution in [0.5, 0.6) is 0 Å². The molecule has 0 N–H and O–H groups in total. The van der Waals surface area contributed by atoms with E-state index in [2.05, 4.69) is 32.7 Å². The Kier molecular flexibility index (Phi) is 3.03. The fraction of sp³-hybridized carbons (Fsp3) is 0.500. The number of morpholine rings is 1. The molecule has 0 amide bonds. The molecule has 2 rings (SSSR count). The Hall–Kier alpha value is -0.610. The number of nitrogens with zero attached hydrogens (tertiary/aromatic N) is 2. The summed E-state index contributed by atoms with van der Waals surface area (Å²) in [6, 6.07) is 4.47. The van der Waals surface area contributed by atoms with Gasteiger partial charge in [-0.1, -0.05) is 0 Å². The first-order chi connectivity index (χ1) is 6.77. The van der Waals surface area contributed by atoms with Crippen LogP contribution in [-0.4, -0.2) is 30.8 Å². The van der Waals surface area contributed by atoms with Crippen molar-refractivity contribution in [2.45, 2.75) is 13.0 Å². The number of ether oxygens (including phenoxy) is 1. The van der Waals surface area contributed by atoms with Crippen LogP contribution in [0.4, 0.5) is 5.82 Å². The SMILES string of the molecule is CC1COCCN1c1ccc(Br)cn1. The second-order valence-corrected chi connectivity index (χ2v) is 4.37. The summed E-state index contributed by atoms with van der Waals surface area (Å²) in [4.78, 5) is 6.65. The van der Waals surface area contributed by atoms with Gasteiger partial charge >= 0.3 is 0 Å². The van der Waals surface area contributed by atoms with Gasteiger partial charge in [-0.3, -0.25) is 0 Å². The summed E-state index contributed by atoms with van der Waals surface area (Å²) in [5.41, 5.74) is 0. The lowest BCUT2D eigenvalue weighted by molar-refractivity contribution is 0.0985. The van der Waals surface area contributed by atoms with Crippen molar-refractivity contribution in [2.24, 2.45) is 0 Å². The fourth-order valence-corrected chi connectivity index (χ4v) is 1.84. The van der Waals surface area contributed by atoms with E-state index < -0.39 is 0 Å². The minimum absolute atomic E-state index is 0.414. The molecule has 1 saturated heterocycles. The third-order valence-corrected chi connectivity index (χ3v) is 2.84. The Morgan fingerprint density at radius 1 is 1.57 bits per heavy atom. The average Bonchev–Trinajstić information content (AvgIpc) is 2.20. The summed E-state index contributed by atoms with van der Waals surface area (Å²) in [5, 5.41) is 0. The van der Waals surface area contributed by atoms with Gasteiger partial charge in [0.1, 0.15) is 5.82 Å². The number of rotatable bonds is 1. The second-order valence-electron chi connectivity index (χ2n) is 3.45. The molecule has 3 nitrogen and oxygen atoms in total. The van der Waals surface area contributed by atoms with Crippen LogP contribution in [-0.2, 0) is 4.74 Å². The highest BCUT2D eigenvalue weighted by molar-refractivity contribution is 9.10. The van der Waals surface area contributed by atoms with Crippen molar-refractivity contribution in [2.75, 3.05) is 24.7 Å². The van der Waals surface area contributed by atoms with Crippen molar-refractivity contribution in [3.63, 3.8) is 0 Å². The van der Waals surface area contributed by atoms with E-state index in [1.54, 1.807) is 0 Å². The minimum Gasteiger partial charge on any atom is -0.377 e. The van der Waals surface area contributed by atoms with Crippen LogP contribution >= 0.6 is 15.9 Å². The van der Waals surface area contributed by atoms with Crippen LogP contribution in [0, 0.1) is 0 Å². The zero-order valence-electron chi connectivity index (χ0n) is 8.11. The number of hydrogen-bond donors (Lipinski definition) is 0. The zero-order valence-corrected chi connectivity index (χ0v) is 9.70. The van der Waals surface area contributed by atoms with Crippen LogP contribution in [0.3, 0.4) is 0 Å². The molecule has 1 aromatic heterocycles. The van der Waals surface area contributed by atoms with E-state index in [0.717, 1.165) is 30.0 Å². The monoisotopic (exact) mass is 256 g/mol. The smallest absolute Gasteiger partial charge is 0.128 e. The van der Waals surface area contributed by atoms with Gasteiger partial charge in [0.2, 0.25) is 0 Å². The molecule has 1 unspecified atom stereocenters. The summed E-state index contributed by atoms with van der Waals surface area (Å²) in [6.07, 6.45) is 1.83. The summed E-state index contributed by atoms with van der Waals surface area (Å²) in [5.74, 6) is 1.03. The highest BCUT2D eigenvalue weighted by Gasteiger charge is 2.19. The van der Waals surface area contributed by atoms with E-state index >= 15 is 0 Å². The maximum absolute atomic E-state index is 5.38. The van der Waals surface area contributed by atoms with Crippen molar-refractivity contribution in [1.29, 1.82) is 0 Å². The second kappa shape index (κ2) is 4.28. The number of hydrogen-bond acceptors (Lipinski definition) is 3. The van der Waals surface area contributed by atoms with Crippen LogP contribution in [0.15, 0.2) is 22.8 Å². The molecular formula is C10H13BrN2O. The van der Waals surface area contributed by atoms with Crippen molar-refractivity contribution in [1.82, 2.24) is 4.98 Å². The standard InChI is InChI=1S/C10H13BrN2O/c1-8-7-14-5-4-13(8)10-3-2-9(11)6-12-10/h2-3,6,8H,4-5,7H2,1H3. The normalized spacial score (nSPS) is 22.4. The van der Waals surface area contributed by atoms with Crippen LogP contribution < -0.4 is 4.90 Å². The van der Waals surface area contributed by atoms with Crippen molar-refractivity contribution < 1.29 is 4.74 Å². The van der Waals surface area contributed by atoms with E-state index in [4.69, 9.17) is 4.74 Å². The maximum atomic E-state index is 5.38. The van der Waals surface area contributed by atoms with Gasteiger partial charge in [0.15, 0.2) is 0 Å². The molecule has 4 heteroatoms. The van der Waals surface area contributed by atoms with E-state index in [1.165, 1.54) is 0 Å². The van der Waals surface area contributed by atoms with Gasteiger partial charge in [0, 0.05) is 17.2 Å². The third-order valence-electron chi connectivity index (χ3n) is 2.37. The molecule has 0 saturated carbocycles. The first kappa shape index (κ1) is 9.93. The molecule has 1 aromatic rings. The molecule has 1 aliphatic rings. The van der Waals surface area contributed by atoms with Gasteiger partial charge < -0.3 is 9.64 Å². The lowest BCUT2D eigenvalue weighted by atomic mass is 10.2. The van der Waals surface area contributed by atoms with Gasteiger partial charge in [-0.25, -0.2) is 4.98 Å². The fourth-order valence-electron chi connectivity index (χ4n) is 1.61. The first-order valence-electron chi connectivity index (χ1n) is 4.73. The maximum Gasteiger partial charge on any atom is 0.128 e. The highest BCUT2D eigenvalue weighted by Crippen LogP contribution is 2.18. The summed E-state index contributed by atoms with van der Waals surface area (Å²) < 4.78 is 6.39. The van der Waals surface area contributed by atoms with Gasteiger partial charge in [-0.15, -0.1) is 0 Å². The summed E-state index contributed by atoms with van der Waals surface area (Å²) in [6.45, 7) is 4.67. The molecular weight excluding hydrogens is 244 g/mol. The first-order valence-corrected chi connectivity index (χ1v) is 5.52. The molecule has 0 spiro atoms. The Bertz CT molecular complexity index is 301. The van der Waals surface area contributed by atoms with Gasteiger partial charge in [-0.2, -0.15) is 0 Å². The Morgan fingerprint density at radius 3 is 3.07 bits per heavy atom. The molecule has 76 valence electrons. The summed E-state index contributed by atoms with van der Waals surface area (Å²) >= 11 is 3.38. The molecule has 1 atom stereocenters. The number of aromatic nitrogens is 1. The minimum atomic E-state index is 0.414. The van der Waals surface area contributed by atoms with Crippen molar-refractivity contribution in [3.05, 3.63) is 22.8 Å². The van der Waals surface area contributed by atoms with E-state index in [9.17, 15) is 0 Å². The largest absolute Gasteiger partial charge is 0.377 e. The predicted molar refractivity (Wildman–Crippen MR) is 59.6 cm³/mol. The molecule has 14 heavy (non-hydrogen) atoms. The molecule has 2 heterocycles. The Labute approximate surface area is 92.2 Å².